The lowest BCUT2D eigenvalue weighted by Gasteiger charge is -2.14. The van der Waals surface area contributed by atoms with Gasteiger partial charge in [-0.25, -0.2) is 4.79 Å². The van der Waals surface area contributed by atoms with Crippen molar-refractivity contribution in [1.29, 1.82) is 0 Å². The van der Waals surface area contributed by atoms with Crippen LogP contribution < -0.4 is 11.2 Å². The maximum absolute atomic E-state index is 11.7. The summed E-state index contributed by atoms with van der Waals surface area (Å²) in [6.45, 7) is 3.61. The number of hydrogen-bond acceptors (Lipinski definition) is 4. The van der Waals surface area contributed by atoms with Crippen LogP contribution in [0.2, 0.25) is 0 Å². The quantitative estimate of drug-likeness (QED) is 0.778. The minimum absolute atomic E-state index is 0.324. The fraction of sp³-hybridized carbons (Fsp3) is 0.538. The van der Waals surface area contributed by atoms with E-state index in [4.69, 9.17) is 4.74 Å². The highest BCUT2D eigenvalue weighted by Crippen LogP contribution is 2.28. The molecule has 0 radical (unpaired) electrons. The van der Waals surface area contributed by atoms with Crippen molar-refractivity contribution < 1.29 is 9.84 Å². The van der Waals surface area contributed by atoms with Gasteiger partial charge in [0.2, 0.25) is 0 Å². The monoisotopic (exact) mass is 266 g/mol. The Kier molecular flexibility index (Phi) is 4.01. The van der Waals surface area contributed by atoms with E-state index in [1.807, 2.05) is 13.0 Å². The van der Waals surface area contributed by atoms with Crippen LogP contribution >= 0.6 is 0 Å². The number of H-pyrrole nitrogens is 1. The molecular formula is C13H18N2O4. The molecule has 2 heterocycles. The predicted molar refractivity (Wildman–Crippen MR) is 70.0 cm³/mol. The Morgan fingerprint density at radius 1 is 1.58 bits per heavy atom. The topological polar surface area (TPSA) is 84.3 Å². The standard InChI is InChI=1S/C13H18N2O4/c1-3-4-5-10-9(16)6-11(19-10)15-7-8(2)12(17)14-13(15)18/h4-5,7,9-11,16H,3,6H2,1-2H3,(H,14,17,18)/b5-4-/t9?,10-,11-/m1/s1. The van der Waals surface area contributed by atoms with Gasteiger partial charge in [-0.15, -0.1) is 0 Å². The summed E-state index contributed by atoms with van der Waals surface area (Å²) in [6, 6.07) is 0. The summed E-state index contributed by atoms with van der Waals surface area (Å²) in [7, 11) is 0. The summed E-state index contributed by atoms with van der Waals surface area (Å²) < 4.78 is 6.96. The van der Waals surface area contributed by atoms with Gasteiger partial charge in [0.05, 0.1) is 6.10 Å². The lowest BCUT2D eigenvalue weighted by Crippen LogP contribution is -2.33. The molecule has 0 bridgehead atoms. The van der Waals surface area contributed by atoms with Crippen molar-refractivity contribution in [2.45, 2.75) is 45.1 Å². The highest BCUT2D eigenvalue weighted by molar-refractivity contribution is 5.03. The molecule has 0 spiro atoms. The van der Waals surface area contributed by atoms with Crippen molar-refractivity contribution in [3.8, 4) is 0 Å². The van der Waals surface area contributed by atoms with Gasteiger partial charge in [-0.05, 0) is 13.3 Å². The van der Waals surface area contributed by atoms with Gasteiger partial charge < -0.3 is 9.84 Å². The van der Waals surface area contributed by atoms with Gasteiger partial charge >= 0.3 is 5.69 Å². The van der Waals surface area contributed by atoms with E-state index in [1.54, 1.807) is 13.0 Å². The van der Waals surface area contributed by atoms with Gasteiger partial charge in [-0.1, -0.05) is 19.1 Å². The molecule has 0 aliphatic carbocycles. The second kappa shape index (κ2) is 5.54. The highest BCUT2D eigenvalue weighted by atomic mass is 16.5. The van der Waals surface area contributed by atoms with Crippen molar-refractivity contribution in [2.75, 3.05) is 0 Å². The van der Waals surface area contributed by atoms with Crippen LogP contribution in [0.3, 0.4) is 0 Å². The van der Waals surface area contributed by atoms with Crippen LogP contribution in [0.5, 0.6) is 0 Å². The average Bonchev–Trinajstić information content (AvgIpc) is 2.72. The van der Waals surface area contributed by atoms with Gasteiger partial charge in [0, 0.05) is 18.2 Å². The minimum atomic E-state index is -0.646. The Morgan fingerprint density at radius 3 is 3.00 bits per heavy atom. The van der Waals surface area contributed by atoms with Crippen LogP contribution in [0.25, 0.3) is 0 Å². The highest BCUT2D eigenvalue weighted by Gasteiger charge is 2.33. The van der Waals surface area contributed by atoms with E-state index >= 15 is 0 Å². The largest absolute Gasteiger partial charge is 0.390 e. The zero-order valence-electron chi connectivity index (χ0n) is 11.0. The van der Waals surface area contributed by atoms with Crippen LogP contribution in [-0.2, 0) is 4.74 Å². The van der Waals surface area contributed by atoms with Crippen molar-refractivity contribution in [1.82, 2.24) is 9.55 Å². The summed E-state index contributed by atoms with van der Waals surface area (Å²) in [5, 5.41) is 9.90. The van der Waals surface area contributed by atoms with Crippen LogP contribution in [-0.4, -0.2) is 26.9 Å². The first-order valence-electron chi connectivity index (χ1n) is 6.35. The summed E-state index contributed by atoms with van der Waals surface area (Å²) in [5.41, 5.74) is -0.486. The predicted octanol–water partition coefficient (Wildman–Crippen LogP) is 0.460. The zero-order chi connectivity index (χ0) is 14.0. The number of allylic oxidation sites excluding steroid dienone is 1. The first-order chi connectivity index (χ1) is 9.02. The zero-order valence-corrected chi connectivity index (χ0v) is 11.0. The van der Waals surface area contributed by atoms with E-state index < -0.39 is 29.7 Å². The van der Waals surface area contributed by atoms with Gasteiger partial charge in [0.1, 0.15) is 12.3 Å². The van der Waals surface area contributed by atoms with Crippen molar-refractivity contribution in [3.63, 3.8) is 0 Å². The third-order valence-electron chi connectivity index (χ3n) is 3.15. The van der Waals surface area contributed by atoms with Crippen LogP contribution in [0.15, 0.2) is 27.9 Å². The summed E-state index contributed by atoms with van der Waals surface area (Å²) in [4.78, 5) is 25.3. The molecule has 1 fully saturated rings. The SMILES string of the molecule is CC/C=C\[C@H]1O[C@@H](n2cc(C)c(=O)[nH]c2=O)CC1O. The lowest BCUT2D eigenvalue weighted by molar-refractivity contribution is 0.00463. The number of aryl methyl sites for hydroxylation is 1. The summed E-state index contributed by atoms with van der Waals surface area (Å²) >= 11 is 0. The fourth-order valence-electron chi connectivity index (χ4n) is 2.09. The molecule has 1 aliphatic heterocycles. The normalized spacial score (nSPS) is 27.2. The molecule has 0 saturated carbocycles. The van der Waals surface area contributed by atoms with E-state index in [2.05, 4.69) is 4.98 Å². The number of aromatic nitrogens is 2. The molecule has 6 heteroatoms. The first kappa shape index (κ1) is 13.8. The number of nitrogens with one attached hydrogen (secondary N) is 1. The lowest BCUT2D eigenvalue weighted by atomic mass is 10.1. The van der Waals surface area contributed by atoms with Crippen molar-refractivity contribution in [3.05, 3.63) is 44.8 Å². The molecule has 104 valence electrons. The number of nitrogens with zero attached hydrogens (tertiary/aromatic N) is 1. The van der Waals surface area contributed by atoms with Crippen LogP contribution in [0.4, 0.5) is 0 Å². The minimum Gasteiger partial charge on any atom is -0.390 e. The molecule has 1 unspecified atom stereocenters. The van der Waals surface area contributed by atoms with E-state index in [1.165, 1.54) is 10.8 Å². The second-order valence-corrected chi connectivity index (χ2v) is 4.67. The molecule has 2 N–H and O–H groups in total. The van der Waals surface area contributed by atoms with Gasteiger partial charge in [-0.3, -0.25) is 14.3 Å². The molecule has 6 nitrogen and oxygen atoms in total. The Balaban J connectivity index is 2.25. The molecule has 1 aliphatic rings. The van der Waals surface area contributed by atoms with E-state index in [0.717, 1.165) is 6.42 Å². The molecule has 1 aromatic heterocycles. The Labute approximate surface area is 110 Å². The van der Waals surface area contributed by atoms with Gasteiger partial charge in [-0.2, -0.15) is 0 Å². The maximum Gasteiger partial charge on any atom is 0.330 e. The summed E-state index contributed by atoms with van der Waals surface area (Å²) in [6.07, 6.45) is 4.75. The number of aliphatic hydroxyl groups is 1. The molecule has 19 heavy (non-hydrogen) atoms. The molecule has 3 atom stereocenters. The van der Waals surface area contributed by atoms with Crippen LogP contribution in [0.1, 0.15) is 31.6 Å². The number of ether oxygens (including phenoxy) is 1. The molecule has 1 saturated heterocycles. The van der Waals surface area contributed by atoms with Gasteiger partial charge in [0.25, 0.3) is 5.56 Å². The van der Waals surface area contributed by atoms with Crippen LogP contribution in [0, 0.1) is 6.92 Å². The smallest absolute Gasteiger partial charge is 0.330 e. The second-order valence-electron chi connectivity index (χ2n) is 4.67. The molecule has 2 rings (SSSR count). The number of hydrogen-bond donors (Lipinski definition) is 2. The van der Waals surface area contributed by atoms with Crippen molar-refractivity contribution >= 4 is 0 Å². The number of aliphatic hydroxyl groups excluding tert-OH is 1. The fourth-order valence-corrected chi connectivity index (χ4v) is 2.09. The molecule has 1 aromatic rings. The number of rotatable bonds is 3. The number of aromatic amines is 1. The average molecular weight is 266 g/mol. The third kappa shape index (κ3) is 2.85. The Bertz CT molecular complexity index is 587. The van der Waals surface area contributed by atoms with Crippen molar-refractivity contribution in [2.24, 2.45) is 0 Å². The van der Waals surface area contributed by atoms with E-state index in [0.29, 0.717) is 12.0 Å². The van der Waals surface area contributed by atoms with Gasteiger partial charge in [0.15, 0.2) is 0 Å². The molecule has 0 aromatic carbocycles. The Hall–Kier alpha value is -1.66. The maximum atomic E-state index is 11.7. The summed E-state index contributed by atoms with van der Waals surface area (Å²) in [5.74, 6) is 0. The van der Waals surface area contributed by atoms with E-state index in [-0.39, 0.29) is 0 Å². The molecular weight excluding hydrogens is 248 g/mol. The molecule has 0 amide bonds. The Morgan fingerprint density at radius 2 is 2.32 bits per heavy atom. The van der Waals surface area contributed by atoms with E-state index in [9.17, 15) is 14.7 Å². The first-order valence-corrected chi connectivity index (χ1v) is 6.35. The third-order valence-corrected chi connectivity index (χ3v) is 3.15.